The first kappa shape index (κ1) is 17.9. The van der Waals surface area contributed by atoms with Crippen molar-refractivity contribution in [2.75, 3.05) is 6.54 Å². The van der Waals surface area contributed by atoms with Gasteiger partial charge in [0.05, 0.1) is 0 Å². The van der Waals surface area contributed by atoms with E-state index in [1.54, 1.807) is 0 Å². The Morgan fingerprint density at radius 1 is 1.17 bits per heavy atom. The van der Waals surface area contributed by atoms with Gasteiger partial charge < -0.3 is 15.4 Å². The van der Waals surface area contributed by atoms with E-state index in [-0.39, 0.29) is 31.5 Å². The van der Waals surface area contributed by atoms with E-state index in [9.17, 15) is 9.59 Å². The quantitative estimate of drug-likeness (QED) is 0.789. The van der Waals surface area contributed by atoms with Crippen molar-refractivity contribution in [1.82, 2.24) is 10.6 Å². The first-order valence-electron chi connectivity index (χ1n) is 8.37. The molecule has 1 fully saturated rings. The van der Waals surface area contributed by atoms with Gasteiger partial charge in [0.2, 0.25) is 5.91 Å². The average Bonchev–Trinajstić information content (AvgIpc) is 2.61. The minimum Gasteiger partial charge on any atom is -0.445 e. The summed E-state index contributed by atoms with van der Waals surface area (Å²) in [7, 11) is 0. The van der Waals surface area contributed by atoms with E-state index in [1.165, 1.54) is 0 Å². The highest BCUT2D eigenvalue weighted by atomic mass is 16.5. The van der Waals surface area contributed by atoms with Crippen LogP contribution in [0.5, 0.6) is 0 Å². The molecule has 1 aromatic carbocycles. The zero-order valence-corrected chi connectivity index (χ0v) is 13.8. The summed E-state index contributed by atoms with van der Waals surface area (Å²) in [5, 5.41) is 5.58. The molecule has 2 rings (SSSR count). The van der Waals surface area contributed by atoms with Crippen LogP contribution in [-0.2, 0) is 16.1 Å². The molecule has 1 aromatic rings. The van der Waals surface area contributed by atoms with Gasteiger partial charge in [-0.2, -0.15) is 0 Å². The Morgan fingerprint density at radius 3 is 2.54 bits per heavy atom. The maximum Gasteiger partial charge on any atom is 0.407 e. The number of hydrogen-bond donors (Lipinski definition) is 2. The molecule has 0 bridgehead atoms. The van der Waals surface area contributed by atoms with E-state index in [1.807, 2.05) is 30.3 Å². The minimum absolute atomic E-state index is 0.0532. The molecule has 0 heterocycles. The molecule has 2 N–H and O–H groups in total. The molecule has 5 nitrogen and oxygen atoms in total. The van der Waals surface area contributed by atoms with Crippen LogP contribution in [0.3, 0.4) is 0 Å². The number of rotatable bonds is 6. The molecule has 0 spiro atoms. The van der Waals surface area contributed by atoms with Crippen LogP contribution in [0, 0.1) is 18.3 Å². The van der Waals surface area contributed by atoms with Crippen LogP contribution in [0.15, 0.2) is 30.3 Å². The third-order valence-electron chi connectivity index (χ3n) is 4.16. The van der Waals surface area contributed by atoms with Crippen molar-refractivity contribution in [1.29, 1.82) is 0 Å². The van der Waals surface area contributed by atoms with Crippen molar-refractivity contribution in [3.05, 3.63) is 35.9 Å². The Hall–Kier alpha value is -2.48. The van der Waals surface area contributed by atoms with Gasteiger partial charge in [-0.1, -0.05) is 30.3 Å². The molecule has 0 saturated heterocycles. The SMILES string of the molecule is C#CC1CCC(NC(=O)CCNC(=O)OCc2ccccc2)CC1. The highest BCUT2D eigenvalue weighted by molar-refractivity contribution is 5.77. The van der Waals surface area contributed by atoms with E-state index < -0.39 is 6.09 Å². The van der Waals surface area contributed by atoms with Gasteiger partial charge in [0.15, 0.2) is 0 Å². The average molecular weight is 328 g/mol. The molecule has 24 heavy (non-hydrogen) atoms. The minimum atomic E-state index is -0.513. The number of amides is 2. The van der Waals surface area contributed by atoms with Crippen molar-refractivity contribution >= 4 is 12.0 Å². The standard InChI is InChI=1S/C19H24N2O3/c1-2-15-8-10-17(11-9-15)21-18(22)12-13-20-19(23)24-14-16-6-4-3-5-7-16/h1,3-7,15,17H,8-14H2,(H,20,23)(H,21,22). The van der Waals surface area contributed by atoms with Gasteiger partial charge >= 0.3 is 6.09 Å². The number of terminal acetylenes is 1. The van der Waals surface area contributed by atoms with Crippen LogP contribution in [0.2, 0.25) is 0 Å². The Bertz CT molecular complexity index is 572. The summed E-state index contributed by atoms with van der Waals surface area (Å²) in [6, 6.07) is 9.65. The predicted molar refractivity (Wildman–Crippen MR) is 92.0 cm³/mol. The van der Waals surface area contributed by atoms with Crippen LogP contribution < -0.4 is 10.6 Å². The molecule has 0 aromatic heterocycles. The Morgan fingerprint density at radius 2 is 1.88 bits per heavy atom. The summed E-state index contributed by atoms with van der Waals surface area (Å²) in [5.41, 5.74) is 0.924. The maximum absolute atomic E-state index is 11.9. The monoisotopic (exact) mass is 328 g/mol. The Labute approximate surface area is 143 Å². The van der Waals surface area contributed by atoms with Crippen LogP contribution in [-0.4, -0.2) is 24.6 Å². The predicted octanol–water partition coefficient (Wildman–Crippen LogP) is 2.61. The molecule has 0 aliphatic heterocycles. The van der Waals surface area contributed by atoms with Gasteiger partial charge in [-0.15, -0.1) is 12.3 Å². The van der Waals surface area contributed by atoms with Crippen molar-refractivity contribution < 1.29 is 14.3 Å². The topological polar surface area (TPSA) is 67.4 Å². The lowest BCUT2D eigenvalue weighted by atomic mass is 9.86. The van der Waals surface area contributed by atoms with Gasteiger partial charge in [-0.25, -0.2) is 4.79 Å². The molecule has 128 valence electrons. The summed E-state index contributed by atoms with van der Waals surface area (Å²) in [6.07, 6.45) is 8.92. The molecule has 1 saturated carbocycles. The highest BCUT2D eigenvalue weighted by Gasteiger charge is 2.20. The summed E-state index contributed by atoms with van der Waals surface area (Å²) >= 11 is 0. The lowest BCUT2D eigenvalue weighted by Gasteiger charge is -2.26. The van der Waals surface area contributed by atoms with E-state index >= 15 is 0 Å². The fourth-order valence-corrected chi connectivity index (χ4v) is 2.76. The van der Waals surface area contributed by atoms with Gasteiger partial charge in [-0.3, -0.25) is 4.79 Å². The van der Waals surface area contributed by atoms with Crippen LogP contribution in [0.1, 0.15) is 37.7 Å². The third-order valence-corrected chi connectivity index (χ3v) is 4.16. The number of benzene rings is 1. The zero-order chi connectivity index (χ0) is 17.2. The molecule has 1 aliphatic carbocycles. The van der Waals surface area contributed by atoms with E-state index in [2.05, 4.69) is 16.6 Å². The summed E-state index contributed by atoms with van der Waals surface area (Å²) in [5.74, 6) is 3.07. The van der Waals surface area contributed by atoms with Gasteiger partial charge in [0.25, 0.3) is 0 Å². The lowest BCUT2D eigenvalue weighted by Crippen LogP contribution is -2.39. The number of carbonyl (C=O) groups excluding carboxylic acids is 2. The van der Waals surface area contributed by atoms with Crippen molar-refractivity contribution in [3.63, 3.8) is 0 Å². The number of ether oxygens (including phenoxy) is 1. The molecule has 2 amide bonds. The normalized spacial score (nSPS) is 19.8. The van der Waals surface area contributed by atoms with Gasteiger partial charge in [-0.05, 0) is 31.2 Å². The Balaban J connectivity index is 1.56. The largest absolute Gasteiger partial charge is 0.445 e. The van der Waals surface area contributed by atoms with E-state index in [0.29, 0.717) is 5.92 Å². The molecule has 0 unspecified atom stereocenters. The van der Waals surface area contributed by atoms with Crippen molar-refractivity contribution in [3.8, 4) is 12.3 Å². The summed E-state index contributed by atoms with van der Waals surface area (Å²) in [6.45, 7) is 0.483. The number of nitrogens with one attached hydrogen (secondary N) is 2. The highest BCUT2D eigenvalue weighted by Crippen LogP contribution is 2.23. The first-order valence-corrected chi connectivity index (χ1v) is 8.37. The van der Waals surface area contributed by atoms with Crippen LogP contribution >= 0.6 is 0 Å². The van der Waals surface area contributed by atoms with Gasteiger partial charge in [0.1, 0.15) is 6.61 Å². The van der Waals surface area contributed by atoms with Crippen molar-refractivity contribution in [2.24, 2.45) is 5.92 Å². The van der Waals surface area contributed by atoms with E-state index in [4.69, 9.17) is 11.2 Å². The molecule has 1 aliphatic rings. The fraction of sp³-hybridized carbons (Fsp3) is 0.474. The second-order valence-electron chi connectivity index (χ2n) is 6.02. The smallest absolute Gasteiger partial charge is 0.407 e. The van der Waals surface area contributed by atoms with Crippen molar-refractivity contribution in [2.45, 2.75) is 44.8 Å². The zero-order valence-electron chi connectivity index (χ0n) is 13.8. The van der Waals surface area contributed by atoms with E-state index in [0.717, 1.165) is 31.2 Å². The van der Waals surface area contributed by atoms with Gasteiger partial charge in [0, 0.05) is 24.9 Å². The molecular formula is C19H24N2O3. The maximum atomic E-state index is 11.9. The lowest BCUT2D eigenvalue weighted by molar-refractivity contribution is -0.121. The number of carbonyl (C=O) groups is 2. The summed E-state index contributed by atoms with van der Waals surface area (Å²) < 4.78 is 5.08. The Kier molecular flexibility index (Phi) is 7.16. The molecule has 0 atom stereocenters. The van der Waals surface area contributed by atoms with Crippen LogP contribution in [0.4, 0.5) is 4.79 Å². The third kappa shape index (κ3) is 6.33. The number of hydrogen-bond acceptors (Lipinski definition) is 3. The second-order valence-corrected chi connectivity index (χ2v) is 6.02. The first-order chi connectivity index (χ1) is 11.7. The summed E-state index contributed by atoms with van der Waals surface area (Å²) in [4.78, 5) is 23.5. The molecular weight excluding hydrogens is 304 g/mol. The molecule has 0 radical (unpaired) electrons. The van der Waals surface area contributed by atoms with Crippen LogP contribution in [0.25, 0.3) is 0 Å². The molecule has 5 heteroatoms. The number of alkyl carbamates (subject to hydrolysis) is 1. The fourth-order valence-electron chi connectivity index (χ4n) is 2.76. The second kappa shape index (κ2) is 9.61.